The van der Waals surface area contributed by atoms with Crippen molar-refractivity contribution in [1.82, 2.24) is 0 Å². The molecule has 0 bridgehead atoms. The van der Waals surface area contributed by atoms with E-state index in [1.165, 1.54) is 19.2 Å². The fraction of sp³-hybridized carbons (Fsp3) is 0.385. The Morgan fingerprint density at radius 2 is 1.95 bits per heavy atom. The van der Waals surface area contributed by atoms with Gasteiger partial charge in [0.25, 0.3) is 0 Å². The second kappa shape index (κ2) is 6.88. The highest BCUT2D eigenvalue weighted by atomic mass is 16.5. The Hall–Kier alpha value is -2.12. The molecule has 0 heterocycles. The van der Waals surface area contributed by atoms with E-state index >= 15 is 0 Å². The lowest BCUT2D eigenvalue weighted by molar-refractivity contribution is -0.159. The maximum absolute atomic E-state index is 11.3. The third-order valence-electron chi connectivity index (χ3n) is 2.60. The van der Waals surface area contributed by atoms with E-state index in [0.29, 0.717) is 0 Å². The summed E-state index contributed by atoms with van der Waals surface area (Å²) >= 11 is 0. The van der Waals surface area contributed by atoms with Crippen LogP contribution in [0.2, 0.25) is 0 Å². The van der Waals surface area contributed by atoms with Gasteiger partial charge in [-0.2, -0.15) is 0 Å². The normalized spacial score (nSPS) is 13.4. The number of hydrogen-bond donors (Lipinski definition) is 3. The molecule has 0 fully saturated rings. The molecule has 0 aliphatic heterocycles. The number of benzene rings is 1. The van der Waals surface area contributed by atoms with E-state index in [4.69, 9.17) is 0 Å². The van der Waals surface area contributed by atoms with E-state index in [-0.39, 0.29) is 17.7 Å². The van der Waals surface area contributed by atoms with Crippen LogP contribution in [0.3, 0.4) is 0 Å². The largest absolute Gasteiger partial charge is 0.508 e. The molecule has 0 amide bonds. The number of phenols is 1. The maximum atomic E-state index is 11.3. The molecule has 0 radical (unpaired) electrons. The monoisotopic (exact) mass is 284 g/mol. The highest BCUT2D eigenvalue weighted by Gasteiger charge is 2.29. The Bertz CT molecular complexity index is 497. The third kappa shape index (κ3) is 3.46. The highest BCUT2D eigenvalue weighted by Crippen LogP contribution is 2.28. The fourth-order valence-electron chi connectivity index (χ4n) is 1.57. The fourth-order valence-corrected chi connectivity index (χ4v) is 1.57. The minimum absolute atomic E-state index is 0.0515. The molecular weight excluding hydrogens is 268 g/mol. The number of phenolic OH excluding ortho intramolecular Hbond substituents is 1. The average Bonchev–Trinajstić information content (AvgIpc) is 2.45. The van der Waals surface area contributed by atoms with Crippen molar-refractivity contribution in [3.8, 4) is 5.75 Å². The molecular formula is C13H16O7. The summed E-state index contributed by atoms with van der Waals surface area (Å²) in [5.41, 5.74) is -0.0234. The zero-order chi connectivity index (χ0) is 15.3. The van der Waals surface area contributed by atoms with E-state index in [2.05, 4.69) is 9.47 Å². The minimum Gasteiger partial charge on any atom is -0.508 e. The first-order valence-electron chi connectivity index (χ1n) is 5.86. The van der Waals surface area contributed by atoms with E-state index in [1.807, 2.05) is 0 Å². The van der Waals surface area contributed by atoms with E-state index in [1.54, 1.807) is 6.92 Å². The molecule has 3 N–H and O–H groups in total. The summed E-state index contributed by atoms with van der Waals surface area (Å²) in [6.45, 7) is 1.61. The number of aromatic hydroxyl groups is 1. The van der Waals surface area contributed by atoms with Crippen molar-refractivity contribution in [3.63, 3.8) is 0 Å². The van der Waals surface area contributed by atoms with Crippen LogP contribution in [-0.4, -0.2) is 47.1 Å². The maximum Gasteiger partial charge on any atom is 0.338 e. The zero-order valence-electron chi connectivity index (χ0n) is 11.1. The Labute approximate surface area is 115 Å². The van der Waals surface area contributed by atoms with Crippen LogP contribution < -0.4 is 0 Å². The van der Waals surface area contributed by atoms with Crippen molar-refractivity contribution in [2.75, 3.05) is 13.7 Å². The summed E-state index contributed by atoms with van der Waals surface area (Å²) < 4.78 is 9.03. The molecule has 7 heteroatoms. The van der Waals surface area contributed by atoms with Gasteiger partial charge >= 0.3 is 11.9 Å². The van der Waals surface area contributed by atoms with Crippen molar-refractivity contribution in [1.29, 1.82) is 0 Å². The number of hydrogen-bond acceptors (Lipinski definition) is 7. The van der Waals surface area contributed by atoms with Crippen molar-refractivity contribution in [2.24, 2.45) is 0 Å². The van der Waals surface area contributed by atoms with Crippen LogP contribution in [0.1, 0.15) is 28.9 Å². The van der Waals surface area contributed by atoms with Gasteiger partial charge in [0.2, 0.25) is 0 Å². The molecule has 1 aromatic carbocycles. The Balaban J connectivity index is 2.96. The Morgan fingerprint density at radius 3 is 2.45 bits per heavy atom. The highest BCUT2D eigenvalue weighted by molar-refractivity contribution is 5.90. The quantitative estimate of drug-likeness (QED) is 0.659. The molecule has 1 rings (SSSR count). The van der Waals surface area contributed by atoms with Gasteiger partial charge in [-0.05, 0) is 19.1 Å². The lowest BCUT2D eigenvalue weighted by atomic mass is 10.0. The third-order valence-corrected chi connectivity index (χ3v) is 2.60. The molecule has 7 nitrogen and oxygen atoms in total. The molecule has 0 aliphatic carbocycles. The van der Waals surface area contributed by atoms with Gasteiger partial charge in [-0.3, -0.25) is 0 Å². The van der Waals surface area contributed by atoms with Crippen LogP contribution in [0.15, 0.2) is 18.2 Å². The van der Waals surface area contributed by atoms with Crippen LogP contribution in [0.4, 0.5) is 0 Å². The summed E-state index contributed by atoms with van der Waals surface area (Å²) in [4.78, 5) is 22.6. The number of esters is 2. The van der Waals surface area contributed by atoms with Crippen molar-refractivity contribution >= 4 is 11.9 Å². The van der Waals surface area contributed by atoms with Gasteiger partial charge < -0.3 is 24.8 Å². The molecule has 2 atom stereocenters. The Kier molecular flexibility index (Phi) is 5.48. The van der Waals surface area contributed by atoms with Gasteiger partial charge in [0.15, 0.2) is 6.10 Å². The molecule has 20 heavy (non-hydrogen) atoms. The number of carbonyl (C=O) groups is 2. The number of aliphatic hydroxyl groups is 2. The second-order valence-electron chi connectivity index (χ2n) is 3.91. The average molecular weight is 284 g/mol. The second-order valence-corrected chi connectivity index (χ2v) is 3.91. The summed E-state index contributed by atoms with van der Waals surface area (Å²) in [5, 5.41) is 29.2. The molecule has 0 aromatic heterocycles. The number of methoxy groups -OCH3 is 1. The molecule has 0 saturated heterocycles. The number of carbonyl (C=O) groups excluding carboxylic acids is 2. The van der Waals surface area contributed by atoms with Gasteiger partial charge in [0, 0.05) is 5.56 Å². The molecule has 110 valence electrons. The number of ether oxygens (including phenoxy) is 2. The van der Waals surface area contributed by atoms with Crippen LogP contribution in [0, 0.1) is 0 Å². The lowest BCUT2D eigenvalue weighted by Gasteiger charge is -2.18. The minimum atomic E-state index is -1.83. The molecule has 0 spiro atoms. The van der Waals surface area contributed by atoms with Gasteiger partial charge in [0.05, 0.1) is 19.3 Å². The predicted octanol–water partition coefficient (Wildman–Crippen LogP) is 0.136. The lowest BCUT2D eigenvalue weighted by Crippen LogP contribution is -2.30. The number of aliphatic hydroxyl groups excluding tert-OH is 2. The SMILES string of the molecule is CCOC(=O)C(O)C(O)c1ccc(C(=O)OC)cc1O. The number of rotatable bonds is 5. The zero-order valence-corrected chi connectivity index (χ0v) is 11.1. The first kappa shape index (κ1) is 15.9. The van der Waals surface area contributed by atoms with Crippen LogP contribution >= 0.6 is 0 Å². The van der Waals surface area contributed by atoms with Gasteiger partial charge in [-0.25, -0.2) is 9.59 Å². The van der Waals surface area contributed by atoms with E-state index in [0.717, 1.165) is 6.07 Å². The molecule has 1 aromatic rings. The van der Waals surface area contributed by atoms with Crippen LogP contribution in [0.25, 0.3) is 0 Å². The standard InChI is InChI=1S/C13H16O7/c1-3-20-13(18)11(16)10(15)8-5-4-7(6-9(8)14)12(17)19-2/h4-6,10-11,14-16H,3H2,1-2H3. The van der Waals surface area contributed by atoms with Crippen molar-refractivity contribution < 1.29 is 34.4 Å². The molecule has 0 saturated carbocycles. The van der Waals surface area contributed by atoms with Gasteiger partial charge in [0.1, 0.15) is 11.9 Å². The summed E-state index contributed by atoms with van der Waals surface area (Å²) in [6, 6.07) is 3.58. The summed E-state index contributed by atoms with van der Waals surface area (Å²) in [6.07, 6.45) is -3.49. The van der Waals surface area contributed by atoms with Crippen LogP contribution in [-0.2, 0) is 14.3 Å². The van der Waals surface area contributed by atoms with Crippen LogP contribution in [0.5, 0.6) is 5.75 Å². The van der Waals surface area contributed by atoms with Crippen molar-refractivity contribution in [2.45, 2.75) is 19.1 Å². The first-order valence-corrected chi connectivity index (χ1v) is 5.86. The predicted molar refractivity (Wildman–Crippen MR) is 67.0 cm³/mol. The van der Waals surface area contributed by atoms with E-state index in [9.17, 15) is 24.9 Å². The van der Waals surface area contributed by atoms with Gasteiger partial charge in [-0.1, -0.05) is 6.07 Å². The summed E-state index contributed by atoms with van der Waals surface area (Å²) in [7, 11) is 1.19. The van der Waals surface area contributed by atoms with Crippen molar-refractivity contribution in [3.05, 3.63) is 29.3 Å². The summed E-state index contributed by atoms with van der Waals surface area (Å²) in [5.74, 6) is -2.10. The van der Waals surface area contributed by atoms with Gasteiger partial charge in [-0.15, -0.1) is 0 Å². The molecule has 2 unspecified atom stereocenters. The smallest absolute Gasteiger partial charge is 0.338 e. The first-order chi connectivity index (χ1) is 9.42. The van der Waals surface area contributed by atoms with E-state index < -0.39 is 29.9 Å². The topological polar surface area (TPSA) is 113 Å². The molecule has 0 aliphatic rings. The Morgan fingerprint density at radius 1 is 1.30 bits per heavy atom.